The molecule has 6 heteroatoms. The maximum atomic E-state index is 12.2. The molecule has 20 heavy (non-hydrogen) atoms. The Hall–Kier alpha value is -1.24. The van der Waals surface area contributed by atoms with Crippen molar-refractivity contribution in [3.05, 3.63) is 29.8 Å². The van der Waals surface area contributed by atoms with Crippen molar-refractivity contribution in [2.45, 2.75) is 25.7 Å². The molecule has 0 aromatic heterocycles. The summed E-state index contributed by atoms with van der Waals surface area (Å²) in [4.78, 5) is 1.90. The topological polar surface area (TPSA) is 44.7 Å². The van der Waals surface area contributed by atoms with Crippen LogP contribution in [0.4, 0.5) is 8.78 Å². The second-order valence-corrected chi connectivity index (χ2v) is 5.00. The molecule has 0 saturated heterocycles. The highest BCUT2D eigenvalue weighted by atomic mass is 19.3. The van der Waals surface area contributed by atoms with Gasteiger partial charge in [0.15, 0.2) is 0 Å². The van der Waals surface area contributed by atoms with Crippen molar-refractivity contribution in [3.8, 4) is 5.75 Å². The van der Waals surface area contributed by atoms with Crippen molar-refractivity contribution in [2.24, 2.45) is 0 Å². The fraction of sp³-hybridized carbons (Fsp3) is 0.571. The van der Waals surface area contributed by atoms with Crippen LogP contribution in [0.2, 0.25) is 0 Å². The van der Waals surface area contributed by atoms with Crippen LogP contribution in [0.25, 0.3) is 0 Å². The van der Waals surface area contributed by atoms with Gasteiger partial charge in [-0.1, -0.05) is 12.1 Å². The zero-order valence-corrected chi connectivity index (χ0v) is 12.0. The Morgan fingerprint density at radius 1 is 1.35 bits per heavy atom. The van der Waals surface area contributed by atoms with Crippen LogP contribution in [0.1, 0.15) is 18.5 Å². The second kappa shape index (κ2) is 8.14. The first-order valence-electron chi connectivity index (χ1n) is 6.49. The SMILES string of the molecule is CC(NCC(O)CN(C)C)c1cccc(OC(F)F)c1. The Kier molecular flexibility index (Phi) is 6.84. The number of ether oxygens (including phenoxy) is 1. The van der Waals surface area contributed by atoms with Crippen LogP contribution in [0.5, 0.6) is 5.75 Å². The molecule has 4 nitrogen and oxygen atoms in total. The molecule has 0 aliphatic carbocycles. The molecule has 2 unspecified atom stereocenters. The van der Waals surface area contributed by atoms with Gasteiger partial charge in [-0.15, -0.1) is 0 Å². The maximum Gasteiger partial charge on any atom is 0.387 e. The van der Waals surface area contributed by atoms with E-state index in [4.69, 9.17) is 0 Å². The largest absolute Gasteiger partial charge is 0.435 e. The maximum absolute atomic E-state index is 12.2. The van der Waals surface area contributed by atoms with Gasteiger partial charge < -0.3 is 20.1 Å². The number of halogens is 2. The monoisotopic (exact) mass is 288 g/mol. The molecule has 0 heterocycles. The van der Waals surface area contributed by atoms with Gasteiger partial charge in [0, 0.05) is 19.1 Å². The zero-order chi connectivity index (χ0) is 15.1. The smallest absolute Gasteiger partial charge is 0.387 e. The van der Waals surface area contributed by atoms with Crippen molar-refractivity contribution < 1.29 is 18.6 Å². The van der Waals surface area contributed by atoms with Crippen molar-refractivity contribution in [3.63, 3.8) is 0 Å². The molecular weight excluding hydrogens is 266 g/mol. The number of benzene rings is 1. The summed E-state index contributed by atoms with van der Waals surface area (Å²) in [7, 11) is 3.77. The first-order valence-corrected chi connectivity index (χ1v) is 6.49. The van der Waals surface area contributed by atoms with E-state index < -0.39 is 12.7 Å². The Morgan fingerprint density at radius 3 is 2.65 bits per heavy atom. The quantitative estimate of drug-likeness (QED) is 0.766. The minimum Gasteiger partial charge on any atom is -0.435 e. The minimum absolute atomic E-state index is 0.0620. The van der Waals surface area contributed by atoms with E-state index in [-0.39, 0.29) is 11.8 Å². The third kappa shape index (κ3) is 6.27. The number of aliphatic hydroxyl groups is 1. The summed E-state index contributed by atoms with van der Waals surface area (Å²) in [6.07, 6.45) is -0.479. The molecule has 0 spiro atoms. The van der Waals surface area contributed by atoms with Gasteiger partial charge >= 0.3 is 6.61 Å². The molecule has 0 bridgehead atoms. The molecule has 114 valence electrons. The van der Waals surface area contributed by atoms with E-state index in [2.05, 4.69) is 10.1 Å². The molecule has 0 fully saturated rings. The summed E-state index contributed by atoms with van der Waals surface area (Å²) >= 11 is 0. The van der Waals surface area contributed by atoms with E-state index >= 15 is 0 Å². The molecule has 0 saturated carbocycles. The van der Waals surface area contributed by atoms with E-state index in [1.165, 1.54) is 6.07 Å². The van der Waals surface area contributed by atoms with Crippen molar-refractivity contribution in [1.29, 1.82) is 0 Å². The highest BCUT2D eigenvalue weighted by Gasteiger charge is 2.11. The van der Waals surface area contributed by atoms with Crippen molar-refractivity contribution >= 4 is 0 Å². The molecule has 1 rings (SSSR count). The highest BCUT2D eigenvalue weighted by molar-refractivity contribution is 5.30. The molecular formula is C14H22F2N2O2. The minimum atomic E-state index is -2.82. The Bertz CT molecular complexity index is 403. The van der Waals surface area contributed by atoms with Gasteiger partial charge in [0.1, 0.15) is 5.75 Å². The molecule has 0 radical (unpaired) electrons. The second-order valence-electron chi connectivity index (χ2n) is 5.00. The Balaban J connectivity index is 2.52. The Labute approximate surface area is 118 Å². The molecule has 0 aliphatic rings. The molecule has 0 aliphatic heterocycles. The van der Waals surface area contributed by atoms with Gasteiger partial charge in [0.25, 0.3) is 0 Å². The fourth-order valence-electron chi connectivity index (χ4n) is 1.88. The predicted molar refractivity (Wildman–Crippen MR) is 74.1 cm³/mol. The zero-order valence-electron chi connectivity index (χ0n) is 12.0. The van der Waals surface area contributed by atoms with Gasteiger partial charge in [-0.2, -0.15) is 8.78 Å². The molecule has 1 aromatic rings. The van der Waals surface area contributed by atoms with Gasteiger partial charge in [-0.25, -0.2) is 0 Å². The number of hydrogen-bond acceptors (Lipinski definition) is 4. The third-order valence-corrected chi connectivity index (χ3v) is 2.82. The number of alkyl halides is 2. The van der Waals surface area contributed by atoms with Gasteiger partial charge in [-0.05, 0) is 38.7 Å². The van der Waals surface area contributed by atoms with Crippen LogP contribution >= 0.6 is 0 Å². The molecule has 1 aromatic carbocycles. The number of rotatable bonds is 8. The van der Waals surface area contributed by atoms with E-state index in [9.17, 15) is 13.9 Å². The predicted octanol–water partition coefficient (Wildman–Crippen LogP) is 1.86. The standard InChI is InChI=1S/C14H22F2N2O2/c1-10(17-8-12(19)9-18(2)3)11-5-4-6-13(7-11)20-14(15)16/h4-7,10,12,14,17,19H,8-9H2,1-3H3. The number of hydrogen-bond donors (Lipinski definition) is 2. The first kappa shape index (κ1) is 16.8. The van der Waals surface area contributed by atoms with Gasteiger partial charge in [0.2, 0.25) is 0 Å². The van der Waals surface area contributed by atoms with Crippen molar-refractivity contribution in [2.75, 3.05) is 27.2 Å². The van der Waals surface area contributed by atoms with Crippen LogP contribution < -0.4 is 10.1 Å². The fourth-order valence-corrected chi connectivity index (χ4v) is 1.88. The summed E-state index contributed by atoms with van der Waals surface area (Å²) in [6.45, 7) is 0.0765. The number of aliphatic hydroxyl groups excluding tert-OH is 1. The first-order chi connectivity index (χ1) is 9.38. The van der Waals surface area contributed by atoms with Crippen LogP contribution in [0.3, 0.4) is 0 Å². The number of nitrogens with zero attached hydrogens (tertiary/aromatic N) is 1. The normalized spacial score (nSPS) is 14.6. The lowest BCUT2D eigenvalue weighted by Crippen LogP contribution is -2.36. The summed E-state index contributed by atoms with van der Waals surface area (Å²) in [5, 5.41) is 12.9. The summed E-state index contributed by atoms with van der Waals surface area (Å²) in [5.41, 5.74) is 0.834. The summed E-state index contributed by atoms with van der Waals surface area (Å²) in [6, 6.07) is 6.49. The van der Waals surface area contributed by atoms with Crippen LogP contribution in [0, 0.1) is 0 Å². The van der Waals surface area contributed by atoms with Crippen LogP contribution in [0.15, 0.2) is 24.3 Å². The highest BCUT2D eigenvalue weighted by Crippen LogP contribution is 2.20. The van der Waals surface area contributed by atoms with Crippen LogP contribution in [-0.4, -0.2) is 49.9 Å². The molecule has 2 N–H and O–H groups in total. The summed E-state index contributed by atoms with van der Waals surface area (Å²) in [5.74, 6) is 0.139. The average molecular weight is 288 g/mol. The van der Waals surface area contributed by atoms with Crippen LogP contribution in [-0.2, 0) is 0 Å². The lowest BCUT2D eigenvalue weighted by Gasteiger charge is -2.20. The average Bonchev–Trinajstić information content (AvgIpc) is 2.34. The lowest BCUT2D eigenvalue weighted by atomic mass is 10.1. The molecule has 2 atom stereocenters. The van der Waals surface area contributed by atoms with Crippen molar-refractivity contribution in [1.82, 2.24) is 10.2 Å². The third-order valence-electron chi connectivity index (χ3n) is 2.82. The van der Waals surface area contributed by atoms with E-state index in [0.717, 1.165) is 5.56 Å². The Morgan fingerprint density at radius 2 is 2.05 bits per heavy atom. The van der Waals surface area contributed by atoms with E-state index in [0.29, 0.717) is 13.1 Å². The molecule has 0 amide bonds. The van der Waals surface area contributed by atoms with E-state index in [1.807, 2.05) is 32.0 Å². The van der Waals surface area contributed by atoms with Gasteiger partial charge in [-0.3, -0.25) is 0 Å². The lowest BCUT2D eigenvalue weighted by molar-refractivity contribution is -0.0499. The summed E-state index contributed by atoms with van der Waals surface area (Å²) < 4.78 is 28.7. The van der Waals surface area contributed by atoms with E-state index in [1.54, 1.807) is 12.1 Å². The van der Waals surface area contributed by atoms with Gasteiger partial charge in [0.05, 0.1) is 6.10 Å². The number of nitrogens with one attached hydrogen (secondary N) is 1. The number of likely N-dealkylation sites (N-methyl/N-ethyl adjacent to an activating group) is 1.